The highest BCUT2D eigenvalue weighted by atomic mass is 16.5. The van der Waals surface area contributed by atoms with Crippen LogP contribution >= 0.6 is 0 Å². The molecule has 0 radical (unpaired) electrons. The third-order valence-corrected chi connectivity index (χ3v) is 4.12. The Labute approximate surface area is 127 Å². The topological polar surface area (TPSA) is 21.3 Å². The molecular formula is C19H23NO. The molecule has 0 aliphatic heterocycles. The number of hydrogen-bond acceptors (Lipinski definition) is 2. The van der Waals surface area contributed by atoms with Gasteiger partial charge in [-0.2, -0.15) is 0 Å². The zero-order chi connectivity index (χ0) is 14.8. The predicted octanol–water partition coefficient (Wildman–Crippen LogP) is 4.23. The van der Waals surface area contributed by atoms with Gasteiger partial charge in [0.1, 0.15) is 5.75 Å². The number of hydrogen-bond donors (Lipinski definition) is 1. The highest BCUT2D eigenvalue weighted by Crippen LogP contribution is 2.30. The summed E-state index contributed by atoms with van der Waals surface area (Å²) in [5.74, 6) is 0.990. The van der Waals surface area contributed by atoms with Crippen molar-refractivity contribution < 1.29 is 4.74 Å². The van der Waals surface area contributed by atoms with Gasteiger partial charge in [-0.1, -0.05) is 24.3 Å². The molecule has 21 heavy (non-hydrogen) atoms. The standard InChI is InChI=1S/C19H23NO/c1-13-10-17(11-14(2)19(13)21-3)16-6-4-15(5-7-16)12-20-18-8-9-18/h4-7,10-11,18,20H,8-9,12H2,1-3H3. The Balaban J connectivity index is 1.79. The van der Waals surface area contributed by atoms with Crippen LogP contribution in [0.4, 0.5) is 0 Å². The number of aryl methyl sites for hydroxylation is 2. The van der Waals surface area contributed by atoms with Gasteiger partial charge < -0.3 is 10.1 Å². The maximum absolute atomic E-state index is 5.44. The Morgan fingerprint density at radius 1 is 1.00 bits per heavy atom. The van der Waals surface area contributed by atoms with Gasteiger partial charge >= 0.3 is 0 Å². The fourth-order valence-electron chi connectivity index (χ4n) is 2.80. The van der Waals surface area contributed by atoms with E-state index in [-0.39, 0.29) is 0 Å². The first-order valence-electron chi connectivity index (χ1n) is 7.65. The lowest BCUT2D eigenvalue weighted by Gasteiger charge is -2.12. The quantitative estimate of drug-likeness (QED) is 0.885. The summed E-state index contributed by atoms with van der Waals surface area (Å²) in [6, 6.07) is 14.0. The van der Waals surface area contributed by atoms with Crippen molar-refractivity contribution in [2.45, 2.75) is 39.3 Å². The van der Waals surface area contributed by atoms with Gasteiger partial charge in [-0.25, -0.2) is 0 Å². The minimum Gasteiger partial charge on any atom is -0.496 e. The van der Waals surface area contributed by atoms with E-state index in [0.29, 0.717) is 0 Å². The van der Waals surface area contributed by atoms with Crippen LogP contribution < -0.4 is 10.1 Å². The average Bonchev–Trinajstić information content (AvgIpc) is 3.29. The van der Waals surface area contributed by atoms with Crippen LogP contribution in [0.1, 0.15) is 29.5 Å². The number of rotatable bonds is 5. The highest BCUT2D eigenvalue weighted by molar-refractivity contribution is 5.67. The van der Waals surface area contributed by atoms with Gasteiger partial charge in [0, 0.05) is 12.6 Å². The van der Waals surface area contributed by atoms with Gasteiger partial charge in [0.2, 0.25) is 0 Å². The molecule has 1 N–H and O–H groups in total. The van der Waals surface area contributed by atoms with Crippen molar-refractivity contribution in [1.29, 1.82) is 0 Å². The number of benzene rings is 2. The molecule has 2 aromatic carbocycles. The minimum atomic E-state index is 0.761. The largest absolute Gasteiger partial charge is 0.496 e. The Hall–Kier alpha value is -1.80. The van der Waals surface area contributed by atoms with E-state index in [2.05, 4.69) is 55.6 Å². The van der Waals surface area contributed by atoms with Crippen molar-refractivity contribution >= 4 is 0 Å². The average molecular weight is 281 g/mol. The summed E-state index contributed by atoms with van der Waals surface area (Å²) in [5, 5.41) is 3.55. The van der Waals surface area contributed by atoms with E-state index in [1.807, 2.05) is 0 Å². The smallest absolute Gasteiger partial charge is 0.124 e. The van der Waals surface area contributed by atoms with Crippen LogP contribution in [0.15, 0.2) is 36.4 Å². The molecule has 0 spiro atoms. The second-order valence-corrected chi connectivity index (χ2v) is 6.00. The fourth-order valence-corrected chi connectivity index (χ4v) is 2.80. The maximum Gasteiger partial charge on any atom is 0.124 e. The zero-order valence-corrected chi connectivity index (χ0v) is 13.1. The molecule has 110 valence electrons. The van der Waals surface area contributed by atoms with Gasteiger partial charge in [0.15, 0.2) is 0 Å². The van der Waals surface area contributed by atoms with Gasteiger partial charge in [-0.3, -0.25) is 0 Å². The van der Waals surface area contributed by atoms with Gasteiger partial charge in [-0.15, -0.1) is 0 Å². The molecule has 3 rings (SSSR count). The highest BCUT2D eigenvalue weighted by Gasteiger charge is 2.19. The van der Waals surface area contributed by atoms with Crippen LogP contribution in [0, 0.1) is 13.8 Å². The zero-order valence-electron chi connectivity index (χ0n) is 13.1. The van der Waals surface area contributed by atoms with Crippen LogP contribution in [0.2, 0.25) is 0 Å². The second-order valence-electron chi connectivity index (χ2n) is 6.00. The lowest BCUT2D eigenvalue weighted by molar-refractivity contribution is 0.408. The van der Waals surface area contributed by atoms with Crippen LogP contribution in [-0.2, 0) is 6.54 Å². The van der Waals surface area contributed by atoms with Gasteiger partial charge in [-0.05, 0) is 66.6 Å². The van der Waals surface area contributed by atoms with E-state index in [9.17, 15) is 0 Å². The molecule has 1 fully saturated rings. The predicted molar refractivity (Wildman–Crippen MR) is 87.8 cm³/mol. The van der Waals surface area contributed by atoms with Crippen molar-refractivity contribution in [3.63, 3.8) is 0 Å². The Bertz CT molecular complexity index is 604. The molecule has 2 heteroatoms. The van der Waals surface area contributed by atoms with Crippen LogP contribution in [0.3, 0.4) is 0 Å². The maximum atomic E-state index is 5.44. The summed E-state index contributed by atoms with van der Waals surface area (Å²) in [6.07, 6.45) is 2.67. The van der Waals surface area contributed by atoms with Crippen molar-refractivity contribution in [2.75, 3.05) is 7.11 Å². The van der Waals surface area contributed by atoms with Gasteiger partial charge in [0.05, 0.1) is 7.11 Å². The van der Waals surface area contributed by atoms with E-state index < -0.39 is 0 Å². The Morgan fingerprint density at radius 3 is 2.14 bits per heavy atom. The van der Waals surface area contributed by atoms with E-state index in [1.54, 1.807) is 7.11 Å². The molecule has 1 aliphatic rings. The van der Waals surface area contributed by atoms with Crippen molar-refractivity contribution in [1.82, 2.24) is 5.32 Å². The molecule has 0 aromatic heterocycles. The third-order valence-electron chi connectivity index (χ3n) is 4.12. The molecule has 0 unspecified atom stereocenters. The van der Waals surface area contributed by atoms with Crippen molar-refractivity contribution in [3.05, 3.63) is 53.1 Å². The molecule has 0 heterocycles. The monoisotopic (exact) mass is 281 g/mol. The lowest BCUT2D eigenvalue weighted by Crippen LogP contribution is -2.14. The summed E-state index contributed by atoms with van der Waals surface area (Å²) in [6.45, 7) is 5.18. The molecule has 0 bridgehead atoms. The molecule has 2 nitrogen and oxygen atoms in total. The van der Waals surface area contributed by atoms with Crippen molar-refractivity contribution in [2.24, 2.45) is 0 Å². The summed E-state index contributed by atoms with van der Waals surface area (Å²) < 4.78 is 5.44. The normalized spacial score (nSPS) is 14.2. The second kappa shape index (κ2) is 5.90. The molecule has 0 atom stereocenters. The molecular weight excluding hydrogens is 258 g/mol. The van der Waals surface area contributed by atoms with E-state index in [4.69, 9.17) is 4.74 Å². The molecule has 1 saturated carbocycles. The van der Waals surface area contributed by atoms with E-state index in [1.165, 1.54) is 40.7 Å². The lowest BCUT2D eigenvalue weighted by atomic mass is 9.99. The first-order chi connectivity index (χ1) is 10.2. The summed E-state index contributed by atoms with van der Waals surface area (Å²) in [7, 11) is 1.73. The minimum absolute atomic E-state index is 0.761. The molecule has 0 saturated heterocycles. The Kier molecular flexibility index (Phi) is 3.98. The first kappa shape index (κ1) is 14.2. The van der Waals surface area contributed by atoms with E-state index >= 15 is 0 Å². The van der Waals surface area contributed by atoms with Crippen LogP contribution in [-0.4, -0.2) is 13.2 Å². The first-order valence-corrected chi connectivity index (χ1v) is 7.65. The molecule has 1 aliphatic carbocycles. The van der Waals surface area contributed by atoms with Crippen molar-refractivity contribution in [3.8, 4) is 16.9 Å². The number of methoxy groups -OCH3 is 1. The van der Waals surface area contributed by atoms with Crippen LogP contribution in [0.25, 0.3) is 11.1 Å². The third kappa shape index (κ3) is 3.27. The van der Waals surface area contributed by atoms with Gasteiger partial charge in [0.25, 0.3) is 0 Å². The molecule has 0 amide bonds. The number of nitrogens with one attached hydrogen (secondary N) is 1. The Morgan fingerprint density at radius 2 is 1.62 bits per heavy atom. The summed E-state index contributed by atoms with van der Waals surface area (Å²) in [4.78, 5) is 0. The SMILES string of the molecule is COc1c(C)cc(-c2ccc(CNC3CC3)cc2)cc1C. The van der Waals surface area contributed by atoms with E-state index in [0.717, 1.165) is 18.3 Å². The number of ether oxygens (including phenoxy) is 1. The van der Waals surface area contributed by atoms with Crippen LogP contribution in [0.5, 0.6) is 5.75 Å². The summed E-state index contributed by atoms with van der Waals surface area (Å²) in [5.41, 5.74) is 6.25. The fraction of sp³-hybridized carbons (Fsp3) is 0.368. The molecule has 2 aromatic rings. The summed E-state index contributed by atoms with van der Waals surface area (Å²) >= 11 is 0.